The van der Waals surface area contributed by atoms with Gasteiger partial charge in [-0.25, -0.2) is 0 Å². The molecular formula is C60H39NO. The zero-order valence-electron chi connectivity index (χ0n) is 33.9. The Labute approximate surface area is 360 Å². The van der Waals surface area contributed by atoms with Gasteiger partial charge in [0.05, 0.1) is 11.1 Å². The third-order valence-electron chi connectivity index (χ3n) is 12.4. The van der Waals surface area contributed by atoms with Crippen LogP contribution < -0.4 is 4.90 Å². The standard InChI is InChI=1S/C60H39NO/c1-2-14-40(15-3-1)44-19-12-20-45(36-44)42-30-32-49(33-31-42)61(50-22-13-21-46(38-50)47-29-28-41-16-4-5-17-43(41)37-47)57-35-34-54(60-59(57)55-26-10-11-27-58(55)62-60)56-39-48-18-6-7-23-51(48)52-24-8-9-25-53(52)56/h1-39H. The lowest BCUT2D eigenvalue weighted by Crippen LogP contribution is -2.10. The second-order valence-electron chi connectivity index (χ2n) is 16.1. The highest BCUT2D eigenvalue weighted by Gasteiger charge is 2.24. The molecular weight excluding hydrogens is 751 g/mol. The minimum atomic E-state index is 0.861. The van der Waals surface area contributed by atoms with E-state index in [0.29, 0.717) is 0 Å². The van der Waals surface area contributed by atoms with Crippen LogP contribution in [0, 0.1) is 0 Å². The third-order valence-corrected chi connectivity index (χ3v) is 12.4. The molecule has 0 bridgehead atoms. The molecule has 1 heterocycles. The summed E-state index contributed by atoms with van der Waals surface area (Å²) in [6.07, 6.45) is 0. The summed E-state index contributed by atoms with van der Waals surface area (Å²) in [7, 11) is 0. The average Bonchev–Trinajstić information content (AvgIpc) is 3.75. The van der Waals surface area contributed by atoms with Gasteiger partial charge < -0.3 is 9.32 Å². The molecule has 0 aliphatic rings. The molecule has 0 N–H and O–H groups in total. The summed E-state index contributed by atoms with van der Waals surface area (Å²) in [6.45, 7) is 0. The Kier molecular flexibility index (Phi) is 8.53. The van der Waals surface area contributed by atoms with Crippen molar-refractivity contribution in [1.29, 1.82) is 0 Å². The Balaban J connectivity index is 1.07. The molecule has 0 aliphatic carbocycles. The summed E-state index contributed by atoms with van der Waals surface area (Å²) < 4.78 is 6.99. The Morgan fingerprint density at radius 2 is 0.871 bits per heavy atom. The van der Waals surface area contributed by atoms with Gasteiger partial charge in [0.1, 0.15) is 11.2 Å². The number of hydrogen-bond donors (Lipinski definition) is 0. The van der Waals surface area contributed by atoms with Gasteiger partial charge in [-0.3, -0.25) is 0 Å². The summed E-state index contributed by atoms with van der Waals surface area (Å²) >= 11 is 0. The minimum Gasteiger partial charge on any atom is -0.455 e. The van der Waals surface area contributed by atoms with E-state index in [1.165, 1.54) is 54.6 Å². The molecule has 0 radical (unpaired) electrons. The van der Waals surface area contributed by atoms with Crippen molar-refractivity contribution >= 4 is 71.3 Å². The lowest BCUT2D eigenvalue weighted by atomic mass is 9.92. The van der Waals surface area contributed by atoms with E-state index in [9.17, 15) is 0 Å². The van der Waals surface area contributed by atoms with Crippen LogP contribution in [0.4, 0.5) is 17.1 Å². The first-order valence-corrected chi connectivity index (χ1v) is 21.2. The lowest BCUT2D eigenvalue weighted by Gasteiger charge is -2.27. The topological polar surface area (TPSA) is 16.4 Å². The fraction of sp³-hybridized carbons (Fsp3) is 0. The van der Waals surface area contributed by atoms with Crippen LogP contribution in [0.1, 0.15) is 0 Å². The maximum Gasteiger partial charge on any atom is 0.145 e. The normalized spacial score (nSPS) is 11.5. The highest BCUT2D eigenvalue weighted by Crippen LogP contribution is 2.48. The maximum atomic E-state index is 6.99. The van der Waals surface area contributed by atoms with Gasteiger partial charge in [-0.1, -0.05) is 176 Å². The van der Waals surface area contributed by atoms with Crippen molar-refractivity contribution in [2.24, 2.45) is 0 Å². The Morgan fingerprint density at radius 1 is 0.290 bits per heavy atom. The van der Waals surface area contributed by atoms with E-state index in [1.807, 2.05) is 0 Å². The maximum absolute atomic E-state index is 6.99. The second kappa shape index (κ2) is 14.8. The first kappa shape index (κ1) is 35.7. The van der Waals surface area contributed by atoms with Crippen molar-refractivity contribution in [3.05, 3.63) is 237 Å². The second-order valence-corrected chi connectivity index (χ2v) is 16.1. The van der Waals surface area contributed by atoms with Gasteiger partial charge in [-0.05, 0) is 132 Å². The number of fused-ring (bicyclic) bond motifs is 7. The van der Waals surface area contributed by atoms with Gasteiger partial charge >= 0.3 is 0 Å². The smallest absolute Gasteiger partial charge is 0.145 e. The number of nitrogens with zero attached hydrogens (tertiary/aromatic N) is 1. The van der Waals surface area contributed by atoms with Crippen LogP contribution in [-0.4, -0.2) is 0 Å². The Hall–Kier alpha value is -8.20. The Morgan fingerprint density at radius 3 is 1.68 bits per heavy atom. The number of anilines is 3. The van der Waals surface area contributed by atoms with Crippen LogP contribution in [-0.2, 0) is 0 Å². The number of para-hydroxylation sites is 1. The molecule has 1 aromatic heterocycles. The number of rotatable bonds is 7. The SMILES string of the molecule is c1ccc(-c2cccc(-c3ccc(N(c4cccc(-c5ccc6ccccc6c5)c4)c4ccc(-c5cc6ccccc6c6ccccc56)c5oc6ccccc6c45)cc3)c2)cc1. The van der Waals surface area contributed by atoms with E-state index < -0.39 is 0 Å². The van der Waals surface area contributed by atoms with Gasteiger partial charge in [0.15, 0.2) is 0 Å². The van der Waals surface area contributed by atoms with E-state index >= 15 is 0 Å². The zero-order valence-corrected chi connectivity index (χ0v) is 33.9. The monoisotopic (exact) mass is 789 g/mol. The fourth-order valence-electron chi connectivity index (χ4n) is 9.42. The van der Waals surface area contributed by atoms with Crippen LogP contribution >= 0.6 is 0 Å². The average molecular weight is 790 g/mol. The van der Waals surface area contributed by atoms with Crippen molar-refractivity contribution in [2.45, 2.75) is 0 Å². The molecule has 11 aromatic carbocycles. The molecule has 2 nitrogen and oxygen atoms in total. The van der Waals surface area contributed by atoms with E-state index in [4.69, 9.17) is 4.42 Å². The van der Waals surface area contributed by atoms with Crippen molar-refractivity contribution in [1.82, 2.24) is 0 Å². The zero-order chi connectivity index (χ0) is 41.0. The predicted molar refractivity (Wildman–Crippen MR) is 263 cm³/mol. The minimum absolute atomic E-state index is 0.861. The van der Waals surface area contributed by atoms with Crippen LogP contribution in [0.25, 0.3) is 98.8 Å². The highest BCUT2D eigenvalue weighted by molar-refractivity contribution is 6.21. The van der Waals surface area contributed by atoms with Crippen molar-refractivity contribution in [2.75, 3.05) is 4.90 Å². The predicted octanol–water partition coefficient (Wildman–Crippen LogP) is 17.2. The van der Waals surface area contributed by atoms with Gasteiger partial charge in [-0.2, -0.15) is 0 Å². The van der Waals surface area contributed by atoms with E-state index in [-0.39, 0.29) is 0 Å². The summed E-state index contributed by atoms with van der Waals surface area (Å²) in [5.74, 6) is 0. The van der Waals surface area contributed by atoms with Crippen LogP contribution in [0.3, 0.4) is 0 Å². The Bertz CT molecular complexity index is 3640. The molecule has 0 fully saturated rings. The van der Waals surface area contributed by atoms with Crippen molar-refractivity contribution < 1.29 is 4.42 Å². The molecule has 0 aliphatic heterocycles. The van der Waals surface area contributed by atoms with Crippen molar-refractivity contribution in [3.63, 3.8) is 0 Å². The molecule has 0 unspecified atom stereocenters. The van der Waals surface area contributed by atoms with Crippen LogP contribution in [0.5, 0.6) is 0 Å². The van der Waals surface area contributed by atoms with Gasteiger partial charge in [0.2, 0.25) is 0 Å². The molecule has 0 spiro atoms. The summed E-state index contributed by atoms with van der Waals surface area (Å²) in [4.78, 5) is 2.40. The van der Waals surface area contributed by atoms with Gasteiger partial charge in [0, 0.05) is 22.3 Å². The molecule has 62 heavy (non-hydrogen) atoms. The van der Waals surface area contributed by atoms with E-state index in [0.717, 1.165) is 61.3 Å². The summed E-state index contributed by atoms with van der Waals surface area (Å²) in [6, 6.07) is 85.4. The lowest BCUT2D eigenvalue weighted by molar-refractivity contribution is 0.670. The molecule has 0 saturated carbocycles. The van der Waals surface area contributed by atoms with E-state index in [1.54, 1.807) is 0 Å². The van der Waals surface area contributed by atoms with Crippen LogP contribution in [0.15, 0.2) is 241 Å². The number of furan rings is 1. The van der Waals surface area contributed by atoms with Gasteiger partial charge in [-0.15, -0.1) is 0 Å². The molecule has 0 atom stereocenters. The fourth-order valence-corrected chi connectivity index (χ4v) is 9.42. The number of benzene rings is 11. The van der Waals surface area contributed by atoms with E-state index in [2.05, 4.69) is 241 Å². The summed E-state index contributed by atoms with van der Waals surface area (Å²) in [5.41, 5.74) is 14.2. The summed E-state index contributed by atoms with van der Waals surface area (Å²) in [5, 5.41) is 9.50. The molecule has 0 amide bonds. The van der Waals surface area contributed by atoms with Crippen LogP contribution in [0.2, 0.25) is 0 Å². The number of hydrogen-bond acceptors (Lipinski definition) is 2. The molecule has 2 heteroatoms. The first-order chi connectivity index (χ1) is 30.7. The van der Waals surface area contributed by atoms with Crippen molar-refractivity contribution in [3.8, 4) is 44.5 Å². The highest BCUT2D eigenvalue weighted by atomic mass is 16.3. The molecule has 290 valence electrons. The quantitative estimate of drug-likeness (QED) is 0.150. The largest absolute Gasteiger partial charge is 0.455 e. The third kappa shape index (κ3) is 6.12. The molecule has 0 saturated heterocycles. The van der Waals surface area contributed by atoms with Gasteiger partial charge in [0.25, 0.3) is 0 Å². The molecule has 12 aromatic rings. The first-order valence-electron chi connectivity index (χ1n) is 21.2. The molecule has 12 rings (SSSR count).